The number of halogens is 2. The summed E-state index contributed by atoms with van der Waals surface area (Å²) in [7, 11) is 0. The maximum atomic E-state index is 14.5. The summed E-state index contributed by atoms with van der Waals surface area (Å²) < 4.78 is 32.6. The number of amides is 2. The number of aliphatic hydroxyl groups is 1. The van der Waals surface area contributed by atoms with Crippen molar-refractivity contribution in [2.75, 3.05) is 11.9 Å². The fourth-order valence-corrected chi connectivity index (χ4v) is 5.30. The van der Waals surface area contributed by atoms with Gasteiger partial charge in [0.2, 0.25) is 5.91 Å². The zero-order valence-electron chi connectivity index (χ0n) is 23.1. The molecule has 0 bridgehead atoms. The Balaban J connectivity index is 1.53. The molecule has 42 heavy (non-hydrogen) atoms. The Bertz CT molecular complexity index is 1500. The molecule has 2 N–H and O–H groups in total. The molecule has 4 aromatic carbocycles. The normalized spacial score (nSPS) is 16.9. The van der Waals surface area contributed by atoms with E-state index in [0.717, 1.165) is 21.6 Å². The molecule has 1 saturated heterocycles. The minimum Gasteiger partial charge on any atom is -0.446 e. The Morgan fingerprint density at radius 2 is 1.48 bits per heavy atom. The van der Waals surface area contributed by atoms with E-state index in [4.69, 9.17) is 4.74 Å². The number of carbonyl (C=O) groups is 2. The summed E-state index contributed by atoms with van der Waals surface area (Å²) >= 11 is 0. The van der Waals surface area contributed by atoms with Gasteiger partial charge >= 0.3 is 6.09 Å². The fraction of sp³-hybridized carbons (Fsp3) is 0.235. The smallest absolute Gasteiger partial charge is 0.417 e. The van der Waals surface area contributed by atoms with E-state index >= 15 is 0 Å². The Morgan fingerprint density at radius 1 is 0.881 bits per heavy atom. The molecular formula is C34H32F2N2O4. The first kappa shape index (κ1) is 29.0. The summed E-state index contributed by atoms with van der Waals surface area (Å²) in [6.45, 7) is 1.98. The molecule has 1 heterocycles. The van der Waals surface area contributed by atoms with Crippen LogP contribution in [0.3, 0.4) is 0 Å². The monoisotopic (exact) mass is 570 g/mol. The number of hydrogen-bond acceptors (Lipinski definition) is 5. The lowest BCUT2D eigenvalue weighted by Gasteiger charge is -2.32. The van der Waals surface area contributed by atoms with Crippen LogP contribution < -0.4 is 5.32 Å². The summed E-state index contributed by atoms with van der Waals surface area (Å²) in [5.74, 6) is -2.11. The number of aliphatic hydroxyl groups excluding tert-OH is 1. The number of hydrogen-bond donors (Lipinski definition) is 2. The molecule has 0 aromatic heterocycles. The van der Waals surface area contributed by atoms with Crippen molar-refractivity contribution in [2.45, 2.75) is 38.0 Å². The Labute approximate surface area is 243 Å². The quantitative estimate of drug-likeness (QED) is 0.210. The van der Waals surface area contributed by atoms with Crippen molar-refractivity contribution in [1.29, 1.82) is 0 Å². The van der Waals surface area contributed by atoms with E-state index in [1.807, 2.05) is 61.5 Å². The van der Waals surface area contributed by atoms with Crippen molar-refractivity contribution in [2.24, 2.45) is 5.92 Å². The average Bonchev–Trinajstić information content (AvgIpc) is 3.40. The molecule has 0 saturated carbocycles. The first-order chi connectivity index (χ1) is 20.3. The van der Waals surface area contributed by atoms with E-state index < -0.39 is 47.7 Å². The number of ether oxygens (including phenoxy) is 1. The second-order valence-electron chi connectivity index (χ2n) is 10.5. The fourth-order valence-electron chi connectivity index (χ4n) is 5.30. The van der Waals surface area contributed by atoms with Crippen LogP contribution in [0.4, 0.5) is 19.3 Å². The van der Waals surface area contributed by atoms with E-state index in [1.165, 1.54) is 36.4 Å². The molecule has 1 fully saturated rings. The van der Waals surface area contributed by atoms with Crippen molar-refractivity contribution in [3.8, 4) is 0 Å². The third-order valence-corrected chi connectivity index (χ3v) is 7.62. The van der Waals surface area contributed by atoms with Crippen LogP contribution in [0, 0.1) is 24.5 Å². The minimum absolute atomic E-state index is 0.0279. The van der Waals surface area contributed by atoms with Gasteiger partial charge < -0.3 is 15.2 Å². The van der Waals surface area contributed by atoms with Crippen molar-refractivity contribution >= 4 is 17.7 Å². The van der Waals surface area contributed by atoms with Gasteiger partial charge in [-0.3, -0.25) is 4.79 Å². The highest BCUT2D eigenvalue weighted by Gasteiger charge is 2.44. The second kappa shape index (κ2) is 13.0. The Hall–Kier alpha value is -4.56. The number of rotatable bonds is 10. The van der Waals surface area contributed by atoms with Crippen LogP contribution in [0.5, 0.6) is 0 Å². The number of anilines is 1. The van der Waals surface area contributed by atoms with Crippen molar-refractivity contribution in [1.82, 2.24) is 4.90 Å². The number of benzene rings is 4. The zero-order chi connectivity index (χ0) is 29.6. The summed E-state index contributed by atoms with van der Waals surface area (Å²) in [5, 5.41) is 14.4. The third kappa shape index (κ3) is 6.66. The molecule has 1 aliphatic rings. The lowest BCUT2D eigenvalue weighted by atomic mass is 9.85. The Kier molecular flexibility index (Phi) is 8.93. The first-order valence-corrected chi connectivity index (χ1v) is 13.9. The van der Waals surface area contributed by atoms with Crippen molar-refractivity contribution < 1.29 is 28.2 Å². The van der Waals surface area contributed by atoms with Crippen LogP contribution in [-0.4, -0.2) is 28.6 Å². The molecular weight excluding hydrogens is 538 g/mol. The highest BCUT2D eigenvalue weighted by Crippen LogP contribution is 2.37. The van der Waals surface area contributed by atoms with Gasteiger partial charge in [0.25, 0.3) is 0 Å². The number of aryl methyl sites for hydroxylation is 1. The molecule has 4 aromatic rings. The molecule has 8 heteroatoms. The van der Waals surface area contributed by atoms with Gasteiger partial charge in [0.15, 0.2) is 0 Å². The maximum absolute atomic E-state index is 14.5. The molecule has 2 amide bonds. The average molecular weight is 571 g/mol. The van der Waals surface area contributed by atoms with Crippen LogP contribution in [0.2, 0.25) is 0 Å². The van der Waals surface area contributed by atoms with E-state index in [1.54, 1.807) is 12.1 Å². The highest BCUT2D eigenvalue weighted by atomic mass is 19.1. The predicted octanol–water partition coefficient (Wildman–Crippen LogP) is 7.28. The van der Waals surface area contributed by atoms with Gasteiger partial charge in [0, 0.05) is 5.69 Å². The van der Waals surface area contributed by atoms with Gasteiger partial charge in [-0.15, -0.1) is 0 Å². The van der Waals surface area contributed by atoms with Crippen LogP contribution in [0.15, 0.2) is 103 Å². The van der Waals surface area contributed by atoms with Crippen molar-refractivity contribution in [3.63, 3.8) is 0 Å². The topological polar surface area (TPSA) is 78.9 Å². The standard InChI is InChI=1S/C34H32F2N2O4/c1-22-7-9-25(10-8-22)32(37-28-17-15-27(36)16-18-28)29(19-20-31(39)24-11-13-26(35)14-12-24)33(40)38-30(21-42-34(38)41)23-5-3-2-4-6-23/h2-18,29-32,37,39H,19-21H2,1H3/t29-,30-,31+,32-/m1/s1. The Morgan fingerprint density at radius 3 is 2.12 bits per heavy atom. The van der Waals surface area contributed by atoms with E-state index in [9.17, 15) is 23.5 Å². The van der Waals surface area contributed by atoms with Gasteiger partial charge in [-0.25, -0.2) is 18.5 Å². The number of imide groups is 1. The summed E-state index contributed by atoms with van der Waals surface area (Å²) in [5.41, 5.74) is 3.68. The van der Waals surface area contributed by atoms with E-state index in [0.29, 0.717) is 11.3 Å². The predicted molar refractivity (Wildman–Crippen MR) is 155 cm³/mol. The lowest BCUT2D eigenvalue weighted by molar-refractivity contribution is -0.134. The minimum atomic E-state index is -0.971. The largest absolute Gasteiger partial charge is 0.446 e. The van der Waals surface area contributed by atoms with Gasteiger partial charge in [0.1, 0.15) is 24.3 Å². The molecule has 0 spiro atoms. The maximum Gasteiger partial charge on any atom is 0.417 e. The molecule has 0 radical (unpaired) electrons. The van der Waals surface area contributed by atoms with E-state index in [2.05, 4.69) is 5.32 Å². The number of cyclic esters (lactones) is 1. The van der Waals surface area contributed by atoms with Crippen LogP contribution in [0.25, 0.3) is 0 Å². The molecule has 6 nitrogen and oxygen atoms in total. The summed E-state index contributed by atoms with van der Waals surface area (Å²) in [6, 6.07) is 27.0. The van der Waals surface area contributed by atoms with Crippen LogP contribution in [0.1, 0.15) is 53.3 Å². The SMILES string of the molecule is Cc1ccc([C@@H](Nc2ccc(F)cc2)[C@@H](CC[C@H](O)c2ccc(F)cc2)C(=O)N2C(=O)OC[C@@H]2c2ccccc2)cc1. The summed E-state index contributed by atoms with van der Waals surface area (Å²) in [6.07, 6.45) is -1.37. The van der Waals surface area contributed by atoms with E-state index in [-0.39, 0.29) is 19.4 Å². The summed E-state index contributed by atoms with van der Waals surface area (Å²) in [4.78, 5) is 28.6. The van der Waals surface area contributed by atoms with Crippen LogP contribution in [-0.2, 0) is 9.53 Å². The highest BCUT2D eigenvalue weighted by molar-refractivity contribution is 5.95. The van der Waals surface area contributed by atoms with Crippen molar-refractivity contribution in [3.05, 3.63) is 137 Å². The number of nitrogens with zero attached hydrogens (tertiary/aromatic N) is 1. The molecule has 4 atom stereocenters. The number of carbonyl (C=O) groups excluding carboxylic acids is 2. The first-order valence-electron chi connectivity index (χ1n) is 13.9. The number of nitrogens with one attached hydrogen (secondary N) is 1. The molecule has 0 unspecified atom stereocenters. The third-order valence-electron chi connectivity index (χ3n) is 7.62. The van der Waals surface area contributed by atoms with Gasteiger partial charge in [-0.2, -0.15) is 0 Å². The van der Waals surface area contributed by atoms with Gasteiger partial charge in [0.05, 0.1) is 18.1 Å². The van der Waals surface area contributed by atoms with Crippen LogP contribution >= 0.6 is 0 Å². The van der Waals surface area contributed by atoms with Gasteiger partial charge in [-0.1, -0.05) is 72.3 Å². The zero-order valence-corrected chi connectivity index (χ0v) is 23.1. The second-order valence-corrected chi connectivity index (χ2v) is 10.5. The molecule has 1 aliphatic heterocycles. The lowest BCUT2D eigenvalue weighted by Crippen LogP contribution is -2.42. The molecule has 0 aliphatic carbocycles. The molecule has 5 rings (SSSR count). The molecule has 216 valence electrons. The van der Waals surface area contributed by atoms with Gasteiger partial charge in [-0.05, 0) is 72.9 Å².